The summed E-state index contributed by atoms with van der Waals surface area (Å²) < 4.78 is 1.08. The lowest BCUT2D eigenvalue weighted by molar-refractivity contribution is -0.422. The molecule has 1 N–H and O–H groups in total. The summed E-state index contributed by atoms with van der Waals surface area (Å²) in [5.74, 6) is 0. The Hall–Kier alpha value is -2.97. The molecule has 1 aromatic heterocycles. The van der Waals surface area contributed by atoms with Crippen molar-refractivity contribution in [1.82, 2.24) is 9.78 Å². The first-order valence-electron chi connectivity index (χ1n) is 5.12. The van der Waals surface area contributed by atoms with Crippen LogP contribution in [0.25, 0.3) is 5.69 Å². The van der Waals surface area contributed by atoms with E-state index in [1.54, 1.807) is 6.92 Å². The largest absolute Gasteiger partial charge is 0.348 e. The second kappa shape index (κ2) is 4.37. The number of hydrogen-bond donors (Lipinski definition) is 1. The van der Waals surface area contributed by atoms with Gasteiger partial charge in [-0.15, -0.1) is 0 Å². The van der Waals surface area contributed by atoms with Crippen molar-refractivity contribution in [3.05, 3.63) is 60.5 Å². The van der Waals surface area contributed by atoms with Crippen molar-refractivity contribution in [3.8, 4) is 5.69 Å². The molecule has 1 aromatic carbocycles. The number of nitrogens with zero attached hydrogens (tertiary/aromatic N) is 3. The SMILES string of the molecule is Cc1cc(=O)n(-c2ccc([N+](=O)[O-])c([N+](=O)[O-])c2)[nH]1. The van der Waals surface area contributed by atoms with E-state index >= 15 is 0 Å². The van der Waals surface area contributed by atoms with Crippen molar-refractivity contribution >= 4 is 11.4 Å². The molecule has 0 aliphatic heterocycles. The predicted octanol–water partition coefficient (Wildman–Crippen LogP) is 1.29. The standard InChI is InChI=1S/C10H8N4O5/c1-6-4-10(15)12(11-6)7-2-3-8(13(16)17)9(5-7)14(18)19/h2-5,11H,1H3. The lowest BCUT2D eigenvalue weighted by atomic mass is 10.2. The monoisotopic (exact) mass is 264 g/mol. The Morgan fingerprint density at radius 2 is 1.74 bits per heavy atom. The molecule has 0 atom stereocenters. The molecule has 0 fully saturated rings. The molecule has 0 aliphatic carbocycles. The molecule has 0 radical (unpaired) electrons. The molecular formula is C10H8N4O5. The fourth-order valence-electron chi connectivity index (χ4n) is 1.66. The van der Waals surface area contributed by atoms with Crippen LogP contribution in [0.15, 0.2) is 29.1 Å². The van der Waals surface area contributed by atoms with Crippen molar-refractivity contribution in [2.45, 2.75) is 6.92 Å². The molecule has 2 aromatic rings. The quantitative estimate of drug-likeness (QED) is 0.660. The number of aryl methyl sites for hydroxylation is 1. The molecule has 0 saturated carbocycles. The van der Waals surface area contributed by atoms with Gasteiger partial charge in [0.05, 0.1) is 15.5 Å². The third-order valence-electron chi connectivity index (χ3n) is 2.46. The van der Waals surface area contributed by atoms with Gasteiger partial charge in [-0.25, -0.2) is 4.68 Å². The highest BCUT2D eigenvalue weighted by molar-refractivity contribution is 5.57. The molecule has 0 spiro atoms. The molecule has 0 bridgehead atoms. The Bertz CT molecular complexity index is 730. The first-order valence-corrected chi connectivity index (χ1v) is 5.12. The van der Waals surface area contributed by atoms with Crippen molar-refractivity contribution in [2.75, 3.05) is 0 Å². The van der Waals surface area contributed by atoms with Crippen LogP contribution in [0.4, 0.5) is 11.4 Å². The zero-order valence-corrected chi connectivity index (χ0v) is 9.69. The van der Waals surface area contributed by atoms with Gasteiger partial charge in [0.2, 0.25) is 0 Å². The summed E-state index contributed by atoms with van der Waals surface area (Å²) in [7, 11) is 0. The van der Waals surface area contributed by atoms with E-state index in [1.807, 2.05) is 0 Å². The van der Waals surface area contributed by atoms with E-state index < -0.39 is 26.8 Å². The van der Waals surface area contributed by atoms with Crippen LogP contribution in [-0.2, 0) is 0 Å². The van der Waals surface area contributed by atoms with E-state index in [2.05, 4.69) is 5.10 Å². The van der Waals surface area contributed by atoms with Crippen molar-refractivity contribution in [1.29, 1.82) is 0 Å². The van der Waals surface area contributed by atoms with E-state index in [4.69, 9.17) is 0 Å². The maximum absolute atomic E-state index is 11.6. The molecule has 9 heteroatoms. The Morgan fingerprint density at radius 3 is 2.21 bits per heavy atom. The lowest BCUT2D eigenvalue weighted by Crippen LogP contribution is -2.13. The van der Waals surface area contributed by atoms with Gasteiger partial charge >= 0.3 is 11.4 Å². The van der Waals surface area contributed by atoms with Gasteiger partial charge in [-0.2, -0.15) is 0 Å². The third kappa shape index (κ3) is 2.20. The molecule has 19 heavy (non-hydrogen) atoms. The summed E-state index contributed by atoms with van der Waals surface area (Å²) in [5, 5.41) is 24.2. The summed E-state index contributed by atoms with van der Waals surface area (Å²) in [6.45, 7) is 1.65. The predicted molar refractivity (Wildman–Crippen MR) is 64.4 cm³/mol. The number of benzene rings is 1. The highest BCUT2D eigenvalue weighted by Crippen LogP contribution is 2.28. The summed E-state index contributed by atoms with van der Waals surface area (Å²) in [6.07, 6.45) is 0. The highest BCUT2D eigenvalue weighted by atomic mass is 16.6. The highest BCUT2D eigenvalue weighted by Gasteiger charge is 2.24. The number of hydrogen-bond acceptors (Lipinski definition) is 5. The fourth-order valence-corrected chi connectivity index (χ4v) is 1.66. The average Bonchev–Trinajstić information content (AvgIpc) is 2.67. The van der Waals surface area contributed by atoms with E-state index in [0.717, 1.165) is 16.8 Å². The average molecular weight is 264 g/mol. The number of nitro benzene ring substituents is 2. The molecule has 1 heterocycles. The van der Waals surface area contributed by atoms with Gasteiger partial charge in [0, 0.05) is 23.9 Å². The normalized spacial score (nSPS) is 10.4. The minimum Gasteiger partial charge on any atom is -0.295 e. The van der Waals surface area contributed by atoms with Crippen molar-refractivity contribution in [2.24, 2.45) is 0 Å². The topological polar surface area (TPSA) is 124 Å². The van der Waals surface area contributed by atoms with Crippen LogP contribution in [0.5, 0.6) is 0 Å². The van der Waals surface area contributed by atoms with E-state index in [-0.39, 0.29) is 5.69 Å². The van der Waals surface area contributed by atoms with E-state index in [0.29, 0.717) is 5.69 Å². The summed E-state index contributed by atoms with van der Waals surface area (Å²) >= 11 is 0. The number of H-pyrrole nitrogens is 1. The lowest BCUT2D eigenvalue weighted by Gasteiger charge is -2.02. The minimum absolute atomic E-state index is 0.162. The second-order valence-electron chi connectivity index (χ2n) is 3.80. The summed E-state index contributed by atoms with van der Waals surface area (Å²) in [4.78, 5) is 31.3. The van der Waals surface area contributed by atoms with Gasteiger partial charge < -0.3 is 0 Å². The van der Waals surface area contributed by atoms with Gasteiger partial charge in [-0.05, 0) is 13.0 Å². The van der Waals surface area contributed by atoms with Gasteiger partial charge in [0.1, 0.15) is 0 Å². The first kappa shape index (κ1) is 12.5. The van der Waals surface area contributed by atoms with Crippen molar-refractivity contribution in [3.63, 3.8) is 0 Å². The fraction of sp³-hybridized carbons (Fsp3) is 0.100. The van der Waals surface area contributed by atoms with E-state index in [9.17, 15) is 25.0 Å². The third-order valence-corrected chi connectivity index (χ3v) is 2.46. The molecule has 98 valence electrons. The molecule has 0 saturated heterocycles. The maximum Gasteiger partial charge on any atom is 0.348 e. The smallest absolute Gasteiger partial charge is 0.295 e. The maximum atomic E-state index is 11.6. The van der Waals surface area contributed by atoms with E-state index in [1.165, 1.54) is 12.1 Å². The van der Waals surface area contributed by atoms with Crippen LogP contribution in [0.1, 0.15) is 5.69 Å². The minimum atomic E-state index is -0.859. The number of rotatable bonds is 3. The van der Waals surface area contributed by atoms with Crippen LogP contribution in [-0.4, -0.2) is 19.6 Å². The molecule has 9 nitrogen and oxygen atoms in total. The number of aromatic nitrogens is 2. The Balaban J connectivity index is 2.65. The first-order chi connectivity index (χ1) is 8.90. The summed E-state index contributed by atoms with van der Waals surface area (Å²) in [6, 6.07) is 4.56. The van der Waals surface area contributed by atoms with Gasteiger partial charge in [-0.3, -0.25) is 30.1 Å². The zero-order chi connectivity index (χ0) is 14.2. The second-order valence-corrected chi connectivity index (χ2v) is 3.80. The molecular weight excluding hydrogens is 256 g/mol. The Morgan fingerprint density at radius 1 is 1.11 bits per heavy atom. The van der Waals surface area contributed by atoms with Gasteiger partial charge in [0.15, 0.2) is 0 Å². The summed E-state index contributed by atoms with van der Waals surface area (Å²) in [5.41, 5.74) is -0.950. The zero-order valence-electron chi connectivity index (χ0n) is 9.69. The van der Waals surface area contributed by atoms with Crippen LogP contribution in [0.2, 0.25) is 0 Å². The van der Waals surface area contributed by atoms with Crippen LogP contribution >= 0.6 is 0 Å². The number of aromatic amines is 1. The van der Waals surface area contributed by atoms with Crippen LogP contribution in [0.3, 0.4) is 0 Å². The number of nitrogens with one attached hydrogen (secondary N) is 1. The Labute approximate surface area is 105 Å². The van der Waals surface area contributed by atoms with Crippen LogP contribution < -0.4 is 5.56 Å². The Kier molecular flexibility index (Phi) is 2.87. The molecule has 0 unspecified atom stereocenters. The van der Waals surface area contributed by atoms with Crippen molar-refractivity contribution < 1.29 is 9.85 Å². The van der Waals surface area contributed by atoms with Gasteiger partial charge in [0.25, 0.3) is 5.56 Å². The van der Waals surface area contributed by atoms with Gasteiger partial charge in [-0.1, -0.05) is 0 Å². The van der Waals surface area contributed by atoms with Crippen LogP contribution in [0, 0.1) is 27.2 Å². The molecule has 2 rings (SSSR count). The molecule has 0 aliphatic rings. The number of nitro groups is 2. The molecule has 0 amide bonds.